The molecule has 3 fully saturated rings. The molecule has 1 aromatic heterocycles. The Morgan fingerprint density at radius 1 is 1.07 bits per heavy atom. The summed E-state index contributed by atoms with van der Waals surface area (Å²) in [5.74, 6) is 0.567. The molecule has 2 aromatic rings. The first-order valence-corrected chi connectivity index (χ1v) is 11.0. The van der Waals surface area contributed by atoms with E-state index in [1.54, 1.807) is 12.3 Å². The van der Waals surface area contributed by atoms with E-state index in [0.29, 0.717) is 22.7 Å². The van der Waals surface area contributed by atoms with Crippen molar-refractivity contribution in [2.24, 2.45) is 5.73 Å². The Bertz CT molecular complexity index is 958. The van der Waals surface area contributed by atoms with Gasteiger partial charge in [-0.25, -0.2) is 4.98 Å². The minimum atomic E-state index is -0.465. The third kappa shape index (κ3) is 3.33. The molecule has 2 saturated heterocycles. The number of amides is 2. The van der Waals surface area contributed by atoms with Crippen molar-refractivity contribution in [2.45, 2.75) is 62.1 Å². The molecule has 2 aliphatic heterocycles. The quantitative estimate of drug-likeness (QED) is 0.771. The Morgan fingerprint density at radius 2 is 1.73 bits per heavy atom. The average molecular weight is 425 g/mol. The summed E-state index contributed by atoms with van der Waals surface area (Å²) in [6.45, 7) is 0. The number of piperidine rings is 1. The van der Waals surface area contributed by atoms with E-state index in [0.717, 1.165) is 49.9 Å². The van der Waals surface area contributed by atoms with Crippen molar-refractivity contribution >= 4 is 29.2 Å². The van der Waals surface area contributed by atoms with E-state index in [9.17, 15) is 9.59 Å². The Morgan fingerprint density at radius 3 is 2.27 bits per heavy atom. The van der Waals surface area contributed by atoms with Gasteiger partial charge < -0.3 is 16.0 Å². The number of nitrogens with two attached hydrogens (primary N) is 1. The molecule has 2 amide bonds. The van der Waals surface area contributed by atoms with Gasteiger partial charge >= 0.3 is 0 Å². The standard InChI is InChI=1S/C23H25ClN4O2/c24-16-4-2-15(3-5-16)23(9-10-23)22(30)27-17-11-18-6-7-19(12-17)28(18)20-8-1-14(13-26-20)21(25)29/h1-5,8,13,17-19H,6-7,9-12H2,(H2,25,29)(H,27,30)/t17-,18+,19-. The highest BCUT2D eigenvalue weighted by atomic mass is 35.5. The zero-order valence-corrected chi connectivity index (χ0v) is 17.4. The summed E-state index contributed by atoms with van der Waals surface area (Å²) in [6, 6.07) is 12.2. The van der Waals surface area contributed by atoms with E-state index in [4.69, 9.17) is 17.3 Å². The van der Waals surface area contributed by atoms with E-state index in [-0.39, 0.29) is 17.4 Å². The Kier molecular flexibility index (Phi) is 4.69. The first-order chi connectivity index (χ1) is 14.5. The monoisotopic (exact) mass is 424 g/mol. The molecule has 3 N–H and O–H groups in total. The maximum Gasteiger partial charge on any atom is 0.250 e. The number of nitrogens with zero attached hydrogens (tertiary/aromatic N) is 2. The first kappa shape index (κ1) is 19.4. The van der Waals surface area contributed by atoms with Crippen molar-refractivity contribution in [2.75, 3.05) is 4.90 Å². The molecule has 30 heavy (non-hydrogen) atoms. The molecule has 0 unspecified atom stereocenters. The highest BCUT2D eigenvalue weighted by Gasteiger charge is 2.52. The average Bonchev–Trinajstić information content (AvgIpc) is 3.50. The fourth-order valence-electron chi connectivity index (χ4n) is 5.22. The van der Waals surface area contributed by atoms with E-state index in [1.165, 1.54) is 0 Å². The number of rotatable bonds is 5. The molecule has 2 bridgehead atoms. The van der Waals surface area contributed by atoms with Crippen LogP contribution in [0.5, 0.6) is 0 Å². The second-order valence-electron chi connectivity index (χ2n) is 8.79. The third-order valence-corrected chi connectivity index (χ3v) is 7.20. The molecule has 3 atom stereocenters. The van der Waals surface area contributed by atoms with Crippen LogP contribution >= 0.6 is 11.6 Å². The van der Waals surface area contributed by atoms with Crippen LogP contribution < -0.4 is 16.0 Å². The predicted molar refractivity (Wildman–Crippen MR) is 116 cm³/mol. The van der Waals surface area contributed by atoms with Crippen molar-refractivity contribution in [1.29, 1.82) is 0 Å². The smallest absolute Gasteiger partial charge is 0.250 e. The van der Waals surface area contributed by atoms with Crippen LogP contribution in [0.1, 0.15) is 54.4 Å². The van der Waals surface area contributed by atoms with Gasteiger partial charge in [-0.15, -0.1) is 0 Å². The number of halogens is 1. The second-order valence-corrected chi connectivity index (χ2v) is 9.23. The lowest BCUT2D eigenvalue weighted by Gasteiger charge is -2.40. The number of aromatic nitrogens is 1. The highest BCUT2D eigenvalue weighted by molar-refractivity contribution is 6.30. The summed E-state index contributed by atoms with van der Waals surface area (Å²) in [7, 11) is 0. The predicted octanol–water partition coefficient (Wildman–Crippen LogP) is 3.18. The number of fused-ring (bicyclic) bond motifs is 2. The van der Waals surface area contributed by atoms with Gasteiger partial charge in [0, 0.05) is 29.3 Å². The van der Waals surface area contributed by atoms with Gasteiger partial charge in [0.1, 0.15) is 5.82 Å². The Balaban J connectivity index is 1.26. The summed E-state index contributed by atoms with van der Waals surface area (Å²) in [5.41, 5.74) is 6.42. The first-order valence-electron chi connectivity index (χ1n) is 10.6. The van der Waals surface area contributed by atoms with Gasteiger partial charge in [-0.05, 0) is 68.4 Å². The lowest BCUT2D eigenvalue weighted by Crippen LogP contribution is -2.52. The van der Waals surface area contributed by atoms with Crippen LogP contribution in [0.2, 0.25) is 5.02 Å². The molecule has 1 saturated carbocycles. The van der Waals surface area contributed by atoms with Crippen molar-refractivity contribution in [1.82, 2.24) is 10.3 Å². The van der Waals surface area contributed by atoms with Gasteiger partial charge in [0.2, 0.25) is 11.8 Å². The zero-order chi connectivity index (χ0) is 20.9. The highest BCUT2D eigenvalue weighted by Crippen LogP contribution is 2.49. The van der Waals surface area contributed by atoms with E-state index in [2.05, 4.69) is 15.2 Å². The number of benzene rings is 1. The number of pyridine rings is 1. The van der Waals surface area contributed by atoms with Crippen LogP contribution in [-0.4, -0.2) is 34.9 Å². The van der Waals surface area contributed by atoms with Gasteiger partial charge in [-0.3, -0.25) is 9.59 Å². The van der Waals surface area contributed by atoms with Gasteiger partial charge in [-0.1, -0.05) is 23.7 Å². The molecule has 6 nitrogen and oxygen atoms in total. The van der Waals surface area contributed by atoms with Crippen LogP contribution in [0.3, 0.4) is 0 Å². The number of carbonyl (C=O) groups is 2. The molecule has 0 radical (unpaired) electrons. The lowest BCUT2D eigenvalue weighted by molar-refractivity contribution is -0.124. The van der Waals surface area contributed by atoms with Gasteiger partial charge in [0.25, 0.3) is 0 Å². The van der Waals surface area contributed by atoms with Gasteiger partial charge in [0.15, 0.2) is 0 Å². The fourth-order valence-corrected chi connectivity index (χ4v) is 5.34. The molecule has 1 aromatic carbocycles. The van der Waals surface area contributed by atoms with Crippen LogP contribution in [0.15, 0.2) is 42.6 Å². The summed E-state index contributed by atoms with van der Waals surface area (Å²) in [5, 5.41) is 4.04. The van der Waals surface area contributed by atoms with Gasteiger partial charge in [-0.2, -0.15) is 0 Å². The van der Waals surface area contributed by atoms with Crippen molar-refractivity contribution in [3.8, 4) is 0 Å². The Hall–Kier alpha value is -2.60. The second kappa shape index (κ2) is 7.27. The fraction of sp³-hybridized carbons (Fsp3) is 0.435. The largest absolute Gasteiger partial charge is 0.366 e. The molecule has 1 aliphatic carbocycles. The van der Waals surface area contributed by atoms with E-state index in [1.807, 2.05) is 30.3 Å². The van der Waals surface area contributed by atoms with Crippen LogP contribution in [0, 0.1) is 0 Å². The molecule has 7 heteroatoms. The lowest BCUT2D eigenvalue weighted by atomic mass is 9.92. The number of nitrogens with one attached hydrogen (secondary N) is 1. The van der Waals surface area contributed by atoms with E-state index < -0.39 is 5.91 Å². The maximum atomic E-state index is 13.2. The number of anilines is 1. The molecule has 0 spiro atoms. The minimum absolute atomic E-state index is 0.145. The van der Waals surface area contributed by atoms with Gasteiger partial charge in [0.05, 0.1) is 11.0 Å². The van der Waals surface area contributed by atoms with Crippen LogP contribution in [0.4, 0.5) is 5.82 Å². The summed E-state index contributed by atoms with van der Waals surface area (Å²) < 4.78 is 0. The molecule has 156 valence electrons. The molecular weight excluding hydrogens is 400 g/mol. The zero-order valence-electron chi connectivity index (χ0n) is 16.7. The van der Waals surface area contributed by atoms with Crippen molar-refractivity contribution in [3.63, 3.8) is 0 Å². The number of hydrogen-bond acceptors (Lipinski definition) is 4. The summed E-state index contributed by atoms with van der Waals surface area (Å²) in [6.07, 6.45) is 7.35. The topological polar surface area (TPSA) is 88.3 Å². The number of hydrogen-bond donors (Lipinski definition) is 2. The minimum Gasteiger partial charge on any atom is -0.366 e. The van der Waals surface area contributed by atoms with Crippen LogP contribution in [-0.2, 0) is 10.2 Å². The third-order valence-electron chi connectivity index (χ3n) is 6.95. The van der Waals surface area contributed by atoms with Crippen LogP contribution in [0.25, 0.3) is 0 Å². The summed E-state index contributed by atoms with van der Waals surface area (Å²) >= 11 is 6.01. The summed E-state index contributed by atoms with van der Waals surface area (Å²) in [4.78, 5) is 31.3. The SMILES string of the molecule is NC(=O)c1ccc(N2[C@@H]3CC[C@H]2C[C@@H](NC(=O)C2(c4ccc(Cl)cc4)CC2)C3)nc1. The molecule has 5 rings (SSSR count). The molecular formula is C23H25ClN4O2. The van der Waals surface area contributed by atoms with Crippen molar-refractivity contribution in [3.05, 3.63) is 58.7 Å². The molecule has 3 aliphatic rings. The number of primary amides is 1. The normalized spacial score (nSPS) is 26.3. The van der Waals surface area contributed by atoms with E-state index >= 15 is 0 Å². The Labute approximate surface area is 180 Å². The number of carbonyl (C=O) groups excluding carboxylic acids is 2. The maximum absolute atomic E-state index is 13.2. The van der Waals surface area contributed by atoms with Crippen molar-refractivity contribution < 1.29 is 9.59 Å². The molecule has 3 heterocycles.